The molecule has 2 aromatic carbocycles. The number of carbonyl (C=O) groups is 1. The first-order valence-corrected chi connectivity index (χ1v) is 7.42. The van der Waals surface area contributed by atoms with Crippen molar-refractivity contribution in [2.75, 3.05) is 20.3 Å². The van der Waals surface area contributed by atoms with Crippen LogP contribution in [-0.4, -0.2) is 37.3 Å². The highest BCUT2D eigenvalue weighted by Crippen LogP contribution is 2.12. The molecule has 0 aliphatic carbocycles. The Hall–Kier alpha value is -3.42. The number of nitro groups is 1. The number of rotatable bonds is 8. The molecular weight excluding hydrogens is 326 g/mol. The van der Waals surface area contributed by atoms with Gasteiger partial charge in [-0.25, -0.2) is 0 Å². The number of hydrogen-bond acceptors (Lipinski definition) is 6. The number of nitrogens with one attached hydrogen (secondary N) is 1. The average Bonchev–Trinajstić information content (AvgIpc) is 2.64. The van der Waals surface area contributed by atoms with E-state index in [0.717, 1.165) is 11.3 Å². The molecule has 25 heavy (non-hydrogen) atoms. The van der Waals surface area contributed by atoms with Crippen LogP contribution in [0.15, 0.2) is 53.7 Å². The summed E-state index contributed by atoms with van der Waals surface area (Å²) in [6.45, 7) is 0.449. The lowest BCUT2D eigenvalue weighted by Gasteiger charge is -2.04. The van der Waals surface area contributed by atoms with Gasteiger partial charge in [-0.15, -0.1) is 0 Å². The number of nitro benzene ring substituents is 1. The van der Waals surface area contributed by atoms with Gasteiger partial charge in [-0.1, -0.05) is 17.3 Å². The molecular formula is C17H17N3O5. The fourth-order valence-electron chi connectivity index (χ4n) is 1.92. The Morgan fingerprint density at radius 3 is 2.72 bits per heavy atom. The fourth-order valence-corrected chi connectivity index (χ4v) is 1.92. The average molecular weight is 343 g/mol. The molecule has 0 spiro atoms. The summed E-state index contributed by atoms with van der Waals surface area (Å²) in [7, 11) is 1.58. The Morgan fingerprint density at radius 2 is 2.04 bits per heavy atom. The van der Waals surface area contributed by atoms with E-state index in [1.165, 1.54) is 24.3 Å². The summed E-state index contributed by atoms with van der Waals surface area (Å²) in [4.78, 5) is 27.0. The van der Waals surface area contributed by atoms with Crippen LogP contribution in [0.2, 0.25) is 0 Å². The quantitative estimate of drug-likeness (QED) is 0.343. The van der Waals surface area contributed by atoms with Gasteiger partial charge in [0, 0.05) is 17.7 Å². The lowest BCUT2D eigenvalue weighted by molar-refractivity contribution is -0.384. The summed E-state index contributed by atoms with van der Waals surface area (Å²) in [6.07, 6.45) is 1.54. The Labute approximate surface area is 144 Å². The number of carbonyl (C=O) groups excluding carboxylic acids is 1. The van der Waals surface area contributed by atoms with E-state index in [0.29, 0.717) is 5.56 Å². The van der Waals surface area contributed by atoms with Crippen molar-refractivity contribution in [1.82, 2.24) is 5.32 Å². The van der Waals surface area contributed by atoms with E-state index in [9.17, 15) is 14.9 Å². The third-order valence-electron chi connectivity index (χ3n) is 3.19. The summed E-state index contributed by atoms with van der Waals surface area (Å²) in [5.41, 5.74) is 1.10. The Morgan fingerprint density at radius 1 is 1.28 bits per heavy atom. The molecule has 130 valence electrons. The van der Waals surface area contributed by atoms with E-state index in [-0.39, 0.29) is 24.7 Å². The largest absolute Gasteiger partial charge is 0.497 e. The van der Waals surface area contributed by atoms with E-state index in [1.807, 2.05) is 24.3 Å². The molecule has 0 unspecified atom stereocenters. The summed E-state index contributed by atoms with van der Waals surface area (Å²) >= 11 is 0. The van der Waals surface area contributed by atoms with Gasteiger partial charge in [0.15, 0.2) is 0 Å². The zero-order valence-electron chi connectivity index (χ0n) is 13.5. The molecule has 2 rings (SSSR count). The minimum absolute atomic E-state index is 0.0632. The number of nitrogens with zero attached hydrogens (tertiary/aromatic N) is 2. The van der Waals surface area contributed by atoms with Crippen LogP contribution in [0.1, 0.15) is 15.9 Å². The molecule has 0 saturated heterocycles. The molecule has 0 aromatic heterocycles. The van der Waals surface area contributed by atoms with Crippen LogP contribution in [0.3, 0.4) is 0 Å². The van der Waals surface area contributed by atoms with E-state index in [4.69, 9.17) is 9.57 Å². The Kier molecular flexibility index (Phi) is 6.47. The van der Waals surface area contributed by atoms with Crippen LogP contribution in [0, 0.1) is 10.1 Å². The van der Waals surface area contributed by atoms with Crippen molar-refractivity contribution in [1.29, 1.82) is 0 Å². The van der Waals surface area contributed by atoms with Gasteiger partial charge in [0.1, 0.15) is 12.4 Å². The summed E-state index contributed by atoms with van der Waals surface area (Å²) < 4.78 is 5.10. The molecule has 0 bridgehead atoms. The molecule has 0 aliphatic heterocycles. The van der Waals surface area contributed by atoms with Crippen molar-refractivity contribution < 1.29 is 19.3 Å². The van der Waals surface area contributed by atoms with Crippen LogP contribution >= 0.6 is 0 Å². The minimum Gasteiger partial charge on any atom is -0.497 e. The topological polar surface area (TPSA) is 103 Å². The monoisotopic (exact) mass is 343 g/mol. The van der Waals surface area contributed by atoms with Crippen molar-refractivity contribution in [3.05, 3.63) is 69.8 Å². The number of methoxy groups -OCH3 is 1. The molecule has 0 fully saturated rings. The van der Waals surface area contributed by atoms with E-state index in [2.05, 4.69) is 10.5 Å². The van der Waals surface area contributed by atoms with Crippen LogP contribution in [-0.2, 0) is 4.84 Å². The van der Waals surface area contributed by atoms with Gasteiger partial charge in [-0.05, 0) is 29.8 Å². The summed E-state index contributed by atoms with van der Waals surface area (Å²) in [5.74, 6) is 0.384. The van der Waals surface area contributed by atoms with Crippen molar-refractivity contribution in [2.24, 2.45) is 5.16 Å². The van der Waals surface area contributed by atoms with Gasteiger partial charge in [0.2, 0.25) is 0 Å². The fraction of sp³-hybridized carbons (Fsp3) is 0.176. The van der Waals surface area contributed by atoms with Crippen LogP contribution < -0.4 is 10.1 Å². The van der Waals surface area contributed by atoms with Crippen molar-refractivity contribution in [3.8, 4) is 5.75 Å². The maximum atomic E-state index is 11.9. The van der Waals surface area contributed by atoms with E-state index in [1.54, 1.807) is 13.3 Å². The third kappa shape index (κ3) is 5.61. The lowest BCUT2D eigenvalue weighted by atomic mass is 10.2. The highest BCUT2D eigenvalue weighted by atomic mass is 16.6. The molecule has 8 nitrogen and oxygen atoms in total. The first kappa shape index (κ1) is 17.9. The maximum absolute atomic E-state index is 11.9. The van der Waals surface area contributed by atoms with Crippen LogP contribution in [0.5, 0.6) is 5.75 Å². The highest BCUT2D eigenvalue weighted by Gasteiger charge is 2.08. The van der Waals surface area contributed by atoms with Crippen molar-refractivity contribution in [2.45, 2.75) is 0 Å². The van der Waals surface area contributed by atoms with Gasteiger partial charge < -0.3 is 14.9 Å². The number of oxime groups is 1. The van der Waals surface area contributed by atoms with E-state index >= 15 is 0 Å². The molecule has 0 radical (unpaired) electrons. The number of benzene rings is 2. The second-order valence-corrected chi connectivity index (χ2v) is 4.90. The molecule has 0 heterocycles. The zero-order chi connectivity index (χ0) is 18.1. The van der Waals surface area contributed by atoms with Gasteiger partial charge in [0.05, 0.1) is 24.8 Å². The SMILES string of the molecule is COc1cccc(/C=N/OCCNC(=O)c2ccc([N+](=O)[O-])cc2)c1. The van der Waals surface area contributed by atoms with Crippen molar-refractivity contribution in [3.63, 3.8) is 0 Å². The second-order valence-electron chi connectivity index (χ2n) is 4.90. The Balaban J connectivity index is 1.72. The lowest BCUT2D eigenvalue weighted by Crippen LogP contribution is -2.26. The van der Waals surface area contributed by atoms with Gasteiger partial charge in [-0.3, -0.25) is 14.9 Å². The molecule has 0 aliphatic rings. The number of hydrogen-bond donors (Lipinski definition) is 1. The van der Waals surface area contributed by atoms with E-state index < -0.39 is 4.92 Å². The van der Waals surface area contributed by atoms with Crippen molar-refractivity contribution >= 4 is 17.8 Å². The normalized spacial score (nSPS) is 10.4. The van der Waals surface area contributed by atoms with Gasteiger partial charge >= 0.3 is 0 Å². The molecule has 8 heteroatoms. The molecule has 1 amide bonds. The van der Waals surface area contributed by atoms with Crippen LogP contribution in [0.25, 0.3) is 0 Å². The third-order valence-corrected chi connectivity index (χ3v) is 3.19. The summed E-state index contributed by atoms with van der Waals surface area (Å²) in [6, 6.07) is 12.7. The highest BCUT2D eigenvalue weighted by molar-refractivity contribution is 5.94. The maximum Gasteiger partial charge on any atom is 0.269 e. The smallest absolute Gasteiger partial charge is 0.269 e. The summed E-state index contributed by atoms with van der Waals surface area (Å²) in [5, 5.41) is 17.0. The molecule has 1 N–H and O–H groups in total. The number of amides is 1. The predicted octanol–water partition coefficient (Wildman–Crippen LogP) is 2.38. The first-order chi connectivity index (χ1) is 12.1. The minimum atomic E-state index is -0.518. The zero-order valence-corrected chi connectivity index (χ0v) is 13.5. The second kappa shape index (κ2) is 9.02. The van der Waals surface area contributed by atoms with Crippen LogP contribution in [0.4, 0.5) is 5.69 Å². The molecule has 0 saturated carbocycles. The van der Waals surface area contributed by atoms with Gasteiger partial charge in [-0.2, -0.15) is 0 Å². The predicted molar refractivity (Wildman–Crippen MR) is 92.0 cm³/mol. The Bertz CT molecular complexity index is 759. The standard InChI is InChI=1S/C17H17N3O5/c1-24-16-4-2-3-13(11-16)12-19-25-10-9-18-17(21)14-5-7-15(8-6-14)20(22)23/h2-8,11-12H,9-10H2,1H3,(H,18,21)/b19-12+. The number of ether oxygens (including phenoxy) is 1. The number of non-ortho nitro benzene ring substituents is 1. The molecule has 0 atom stereocenters. The van der Waals surface area contributed by atoms with Gasteiger partial charge in [0.25, 0.3) is 11.6 Å². The molecule has 2 aromatic rings. The first-order valence-electron chi connectivity index (χ1n) is 7.42.